The zero-order chi connectivity index (χ0) is 18.1. The van der Waals surface area contributed by atoms with Crippen molar-refractivity contribution in [2.75, 3.05) is 18.1 Å². The molecule has 0 radical (unpaired) electrons. The second kappa shape index (κ2) is 7.45. The Kier molecular flexibility index (Phi) is 5.47. The van der Waals surface area contributed by atoms with E-state index in [1.165, 1.54) is 6.33 Å². The number of aliphatic hydroxyl groups is 1. The molecule has 8 nitrogen and oxygen atoms in total. The van der Waals surface area contributed by atoms with Crippen molar-refractivity contribution >= 4 is 29.6 Å². The van der Waals surface area contributed by atoms with E-state index in [1.54, 1.807) is 0 Å². The number of ether oxygens (including phenoxy) is 2. The first-order valence-corrected chi connectivity index (χ1v) is 9.17. The number of fused-ring (bicyclic) bond motifs is 1. The number of nitrogens with zero attached hydrogens (tertiary/aromatic N) is 4. The lowest BCUT2D eigenvalue weighted by Gasteiger charge is -2.24. The van der Waals surface area contributed by atoms with Crippen molar-refractivity contribution in [3.8, 4) is 0 Å². The van der Waals surface area contributed by atoms with Crippen LogP contribution in [-0.4, -0.2) is 55.3 Å². The number of hydrogen-bond acceptors (Lipinski definition) is 8. The fraction of sp³-hybridized carbons (Fsp3) is 0.688. The Bertz CT molecular complexity index is 738. The van der Waals surface area contributed by atoms with E-state index >= 15 is 0 Å². The van der Waals surface area contributed by atoms with Crippen molar-refractivity contribution < 1.29 is 14.6 Å². The van der Waals surface area contributed by atoms with Gasteiger partial charge in [-0.2, -0.15) is 12.6 Å². The number of anilines is 1. The van der Waals surface area contributed by atoms with Gasteiger partial charge in [-0.15, -0.1) is 0 Å². The molecular weight excluding hydrogens is 342 g/mol. The lowest BCUT2D eigenvalue weighted by atomic mass is 10.1. The van der Waals surface area contributed by atoms with Crippen LogP contribution >= 0.6 is 12.6 Å². The minimum absolute atomic E-state index is 0.108. The maximum atomic E-state index is 10.6. The Morgan fingerprint density at radius 3 is 2.84 bits per heavy atom. The van der Waals surface area contributed by atoms with Gasteiger partial charge in [0.25, 0.3) is 0 Å². The molecule has 1 aliphatic rings. The highest BCUT2D eigenvalue weighted by molar-refractivity contribution is 7.80. The minimum Gasteiger partial charge on any atom is -0.387 e. The quantitative estimate of drug-likeness (QED) is 0.664. The minimum atomic E-state index is -0.773. The van der Waals surface area contributed by atoms with E-state index in [-0.39, 0.29) is 5.92 Å². The summed E-state index contributed by atoms with van der Waals surface area (Å²) in [4.78, 5) is 13.0. The summed E-state index contributed by atoms with van der Waals surface area (Å²) in [6.07, 6.45) is -0.0158. The number of hydrogen-bond donors (Lipinski definition) is 3. The molecule has 0 aromatic carbocycles. The summed E-state index contributed by atoms with van der Waals surface area (Å²) in [6, 6.07) is 0. The van der Waals surface area contributed by atoms with E-state index in [4.69, 9.17) is 15.2 Å². The summed E-state index contributed by atoms with van der Waals surface area (Å²) in [6.45, 7) is 6.62. The van der Waals surface area contributed by atoms with Crippen LogP contribution in [0.25, 0.3) is 11.2 Å². The topological polar surface area (TPSA) is 108 Å². The summed E-state index contributed by atoms with van der Waals surface area (Å²) >= 11 is 4.29. The van der Waals surface area contributed by atoms with E-state index in [9.17, 15) is 5.11 Å². The zero-order valence-electron chi connectivity index (χ0n) is 14.7. The Balaban J connectivity index is 2.12. The highest BCUT2D eigenvalue weighted by Gasteiger charge is 2.46. The van der Waals surface area contributed by atoms with Gasteiger partial charge in [-0.1, -0.05) is 20.8 Å². The number of nitrogens with two attached hydrogens (primary N) is 1. The fourth-order valence-corrected chi connectivity index (χ4v) is 3.41. The molecule has 3 heterocycles. The molecular formula is C16H25N5O3S. The van der Waals surface area contributed by atoms with Crippen molar-refractivity contribution in [3.63, 3.8) is 0 Å². The second-order valence-electron chi connectivity index (χ2n) is 6.50. The molecule has 0 saturated carbocycles. The van der Waals surface area contributed by atoms with Gasteiger partial charge in [-0.05, 0) is 6.42 Å². The SMILES string of the molecule is CCCO[C@@H]1[C@H](O)[C@@H](CS)O[C@H]1n1c(C(C)C)nc2c(N)ncnc21. The van der Waals surface area contributed by atoms with Crippen LogP contribution in [0.1, 0.15) is 45.2 Å². The Labute approximate surface area is 152 Å². The highest BCUT2D eigenvalue weighted by Crippen LogP contribution is 2.37. The second-order valence-corrected chi connectivity index (χ2v) is 6.86. The van der Waals surface area contributed by atoms with Crippen molar-refractivity contribution in [2.24, 2.45) is 0 Å². The van der Waals surface area contributed by atoms with Crippen LogP contribution in [0.3, 0.4) is 0 Å². The molecule has 0 amide bonds. The van der Waals surface area contributed by atoms with Crippen molar-refractivity contribution in [3.05, 3.63) is 12.2 Å². The normalized spacial score (nSPS) is 26.8. The van der Waals surface area contributed by atoms with E-state index in [0.29, 0.717) is 29.3 Å². The summed E-state index contributed by atoms with van der Waals surface area (Å²) in [7, 11) is 0. The third-order valence-corrected chi connectivity index (χ3v) is 4.67. The molecule has 1 aliphatic heterocycles. The van der Waals surface area contributed by atoms with Gasteiger partial charge >= 0.3 is 0 Å². The first kappa shape index (κ1) is 18.4. The Morgan fingerprint density at radius 2 is 2.20 bits per heavy atom. The van der Waals surface area contributed by atoms with E-state index in [2.05, 4.69) is 27.6 Å². The summed E-state index contributed by atoms with van der Waals surface area (Å²) < 4.78 is 13.9. The van der Waals surface area contributed by atoms with Gasteiger partial charge in [0.1, 0.15) is 24.4 Å². The van der Waals surface area contributed by atoms with E-state index < -0.39 is 24.5 Å². The van der Waals surface area contributed by atoms with Gasteiger partial charge in [0.15, 0.2) is 23.2 Å². The predicted octanol–water partition coefficient (Wildman–Crippen LogP) is 1.52. The van der Waals surface area contributed by atoms with Gasteiger partial charge in [0.2, 0.25) is 0 Å². The smallest absolute Gasteiger partial charge is 0.167 e. The number of nitrogen functional groups attached to an aromatic ring is 1. The van der Waals surface area contributed by atoms with Crippen molar-refractivity contribution in [1.82, 2.24) is 19.5 Å². The molecule has 1 saturated heterocycles. The Hall–Kier alpha value is -1.42. The molecule has 0 spiro atoms. The van der Waals surface area contributed by atoms with Crippen LogP contribution in [0.15, 0.2) is 6.33 Å². The van der Waals surface area contributed by atoms with Gasteiger partial charge in [-0.25, -0.2) is 15.0 Å². The number of aromatic nitrogens is 4. The van der Waals surface area contributed by atoms with Crippen LogP contribution in [0, 0.1) is 0 Å². The van der Waals surface area contributed by atoms with Crippen LogP contribution in [0.5, 0.6) is 0 Å². The van der Waals surface area contributed by atoms with E-state index in [0.717, 1.165) is 12.2 Å². The first-order chi connectivity index (χ1) is 12.0. The zero-order valence-corrected chi connectivity index (χ0v) is 15.6. The average Bonchev–Trinajstić information content (AvgIpc) is 3.12. The molecule has 138 valence electrons. The van der Waals surface area contributed by atoms with Crippen molar-refractivity contribution in [2.45, 2.75) is 57.6 Å². The molecule has 0 aliphatic carbocycles. The third-order valence-electron chi connectivity index (χ3n) is 4.31. The Morgan fingerprint density at radius 1 is 1.44 bits per heavy atom. The summed E-state index contributed by atoms with van der Waals surface area (Å²) in [5.74, 6) is 1.59. The molecule has 9 heteroatoms. The maximum Gasteiger partial charge on any atom is 0.167 e. The summed E-state index contributed by atoms with van der Waals surface area (Å²) in [5, 5.41) is 10.6. The van der Waals surface area contributed by atoms with Gasteiger partial charge in [0.05, 0.1) is 6.10 Å². The molecule has 0 unspecified atom stereocenters. The summed E-state index contributed by atoms with van der Waals surface area (Å²) in [5.41, 5.74) is 7.09. The highest BCUT2D eigenvalue weighted by atomic mass is 32.1. The standard InChI is InChI=1S/C16H25N5O3S/c1-4-5-23-12-11(22)9(6-25)24-16(12)21-14(8(2)3)20-10-13(17)18-7-19-15(10)21/h7-9,11-12,16,22,25H,4-6H2,1-3H3,(H2,17,18,19)/t9-,11-,12-,16-/m1/s1. The van der Waals surface area contributed by atoms with Crippen LogP contribution in [0.2, 0.25) is 0 Å². The molecule has 0 bridgehead atoms. The van der Waals surface area contributed by atoms with Gasteiger partial charge in [-0.3, -0.25) is 4.57 Å². The van der Waals surface area contributed by atoms with Crippen LogP contribution in [0.4, 0.5) is 5.82 Å². The van der Waals surface area contributed by atoms with Gasteiger partial charge in [0, 0.05) is 18.3 Å². The molecule has 25 heavy (non-hydrogen) atoms. The first-order valence-electron chi connectivity index (χ1n) is 8.53. The number of thiol groups is 1. The van der Waals surface area contributed by atoms with Crippen molar-refractivity contribution in [1.29, 1.82) is 0 Å². The molecule has 2 aromatic rings. The maximum absolute atomic E-state index is 10.6. The number of aliphatic hydroxyl groups excluding tert-OH is 1. The monoisotopic (exact) mass is 367 g/mol. The largest absolute Gasteiger partial charge is 0.387 e. The van der Waals surface area contributed by atoms with E-state index in [1.807, 2.05) is 25.3 Å². The molecule has 3 N–H and O–H groups in total. The van der Waals surface area contributed by atoms with Crippen LogP contribution in [-0.2, 0) is 9.47 Å². The molecule has 3 rings (SSSR count). The lowest BCUT2D eigenvalue weighted by molar-refractivity contribution is -0.0667. The van der Waals surface area contributed by atoms with Gasteiger partial charge < -0.3 is 20.3 Å². The molecule has 1 fully saturated rings. The third kappa shape index (κ3) is 3.21. The molecule has 2 aromatic heterocycles. The lowest BCUT2D eigenvalue weighted by Crippen LogP contribution is -2.35. The number of imidazole rings is 1. The predicted molar refractivity (Wildman–Crippen MR) is 97.6 cm³/mol. The molecule has 4 atom stereocenters. The number of rotatable bonds is 6. The van der Waals surface area contributed by atoms with Crippen LogP contribution < -0.4 is 5.73 Å². The average molecular weight is 367 g/mol. The fourth-order valence-electron chi connectivity index (χ4n) is 3.11.